The summed E-state index contributed by atoms with van der Waals surface area (Å²) in [6.45, 7) is 5.88. The minimum atomic E-state index is -0.634. The van der Waals surface area contributed by atoms with Gasteiger partial charge in [-0.3, -0.25) is 4.79 Å². The number of ether oxygens (including phenoxy) is 2. The predicted octanol–water partition coefficient (Wildman–Crippen LogP) is 2.56. The van der Waals surface area contributed by atoms with Gasteiger partial charge in [0.1, 0.15) is 12.2 Å². The van der Waals surface area contributed by atoms with Gasteiger partial charge in [-0.25, -0.2) is 9.59 Å². The summed E-state index contributed by atoms with van der Waals surface area (Å²) in [6, 6.07) is 8.73. The van der Waals surface area contributed by atoms with Crippen molar-refractivity contribution in [2.75, 3.05) is 6.54 Å². The number of amides is 3. The van der Waals surface area contributed by atoms with Crippen molar-refractivity contribution in [3.63, 3.8) is 0 Å². The van der Waals surface area contributed by atoms with E-state index in [4.69, 9.17) is 15.2 Å². The van der Waals surface area contributed by atoms with Crippen molar-refractivity contribution in [3.8, 4) is 0 Å². The zero-order valence-electron chi connectivity index (χ0n) is 16.6. The Morgan fingerprint density at radius 3 is 2.50 bits per heavy atom. The fourth-order valence-corrected chi connectivity index (χ4v) is 3.10. The van der Waals surface area contributed by atoms with Gasteiger partial charge in [-0.2, -0.15) is 0 Å². The smallest absolute Gasteiger partial charge is 0.410 e. The molecule has 2 rings (SSSR count). The zero-order chi connectivity index (χ0) is 20.7. The Kier molecular flexibility index (Phi) is 7.25. The quantitative estimate of drug-likeness (QED) is 0.801. The van der Waals surface area contributed by atoms with Crippen molar-refractivity contribution in [1.82, 2.24) is 10.2 Å². The molecule has 0 bridgehead atoms. The largest absolute Gasteiger partial charge is 0.445 e. The molecule has 1 aromatic carbocycles. The summed E-state index contributed by atoms with van der Waals surface area (Å²) in [7, 11) is 0. The van der Waals surface area contributed by atoms with Crippen molar-refractivity contribution in [3.05, 3.63) is 35.9 Å². The highest BCUT2D eigenvalue weighted by atomic mass is 16.6. The molecule has 1 fully saturated rings. The Labute approximate surface area is 165 Å². The number of alkyl carbamates (subject to hydrolysis) is 1. The number of nitrogens with zero attached hydrogens (tertiary/aromatic N) is 1. The third-order valence-corrected chi connectivity index (χ3v) is 4.32. The van der Waals surface area contributed by atoms with E-state index in [1.807, 2.05) is 30.3 Å². The molecule has 0 spiro atoms. The number of rotatable bonds is 5. The van der Waals surface area contributed by atoms with Gasteiger partial charge in [-0.15, -0.1) is 0 Å². The first-order valence-corrected chi connectivity index (χ1v) is 9.39. The molecule has 0 aliphatic carbocycles. The first-order chi connectivity index (χ1) is 13.1. The van der Waals surface area contributed by atoms with Gasteiger partial charge in [-0.05, 0) is 39.2 Å². The van der Waals surface area contributed by atoms with E-state index in [9.17, 15) is 14.4 Å². The van der Waals surface area contributed by atoms with Crippen molar-refractivity contribution in [1.29, 1.82) is 0 Å². The lowest BCUT2D eigenvalue weighted by molar-refractivity contribution is -0.119. The number of nitrogens with two attached hydrogens (primary N) is 1. The van der Waals surface area contributed by atoms with Gasteiger partial charge in [0.2, 0.25) is 5.91 Å². The number of carbonyl (C=O) groups excluding carboxylic acids is 3. The number of hydrogen-bond donors (Lipinski definition) is 2. The van der Waals surface area contributed by atoms with E-state index in [0.717, 1.165) is 5.56 Å². The van der Waals surface area contributed by atoms with Gasteiger partial charge in [0.05, 0.1) is 0 Å². The average Bonchev–Trinajstić information content (AvgIpc) is 2.59. The van der Waals surface area contributed by atoms with Crippen LogP contribution in [0.2, 0.25) is 0 Å². The first kappa shape index (κ1) is 21.5. The lowest BCUT2D eigenvalue weighted by atomic mass is 9.95. The highest BCUT2D eigenvalue weighted by molar-refractivity contribution is 5.76. The van der Waals surface area contributed by atoms with Gasteiger partial charge in [-0.1, -0.05) is 30.3 Å². The summed E-state index contributed by atoms with van der Waals surface area (Å²) in [4.78, 5) is 37.5. The Bertz CT molecular complexity index is 687. The number of primary amides is 1. The van der Waals surface area contributed by atoms with Gasteiger partial charge < -0.3 is 25.4 Å². The second-order valence-electron chi connectivity index (χ2n) is 7.93. The zero-order valence-corrected chi connectivity index (χ0v) is 16.6. The van der Waals surface area contributed by atoms with Gasteiger partial charge in [0, 0.05) is 25.0 Å². The summed E-state index contributed by atoms with van der Waals surface area (Å²) in [5.41, 5.74) is 5.60. The molecule has 1 heterocycles. The lowest BCUT2D eigenvalue weighted by Gasteiger charge is -2.39. The van der Waals surface area contributed by atoms with Crippen LogP contribution < -0.4 is 11.1 Å². The molecule has 0 radical (unpaired) electrons. The van der Waals surface area contributed by atoms with Crippen LogP contribution in [0.1, 0.15) is 45.6 Å². The Hall–Kier alpha value is -2.77. The molecular formula is C20H29N3O5. The highest BCUT2D eigenvalue weighted by Crippen LogP contribution is 2.23. The molecule has 3 amide bonds. The summed E-state index contributed by atoms with van der Waals surface area (Å²) in [5, 5.41) is 2.81. The molecule has 1 aliphatic heterocycles. The van der Waals surface area contributed by atoms with Crippen LogP contribution in [0.3, 0.4) is 0 Å². The molecule has 1 aromatic rings. The van der Waals surface area contributed by atoms with E-state index in [0.29, 0.717) is 19.4 Å². The van der Waals surface area contributed by atoms with Crippen LogP contribution in [0.5, 0.6) is 0 Å². The summed E-state index contributed by atoms with van der Waals surface area (Å²) < 4.78 is 10.7. The maximum atomic E-state index is 12.4. The molecule has 0 saturated carbocycles. The molecule has 1 saturated heterocycles. The lowest BCUT2D eigenvalue weighted by Crippen LogP contribution is -2.54. The maximum Gasteiger partial charge on any atom is 0.410 e. The Morgan fingerprint density at radius 1 is 1.21 bits per heavy atom. The summed E-state index contributed by atoms with van der Waals surface area (Å²) >= 11 is 0. The van der Waals surface area contributed by atoms with E-state index < -0.39 is 29.7 Å². The van der Waals surface area contributed by atoms with Crippen LogP contribution in [0.25, 0.3) is 0 Å². The second kappa shape index (κ2) is 9.43. The minimum absolute atomic E-state index is 0.0104. The van der Waals surface area contributed by atoms with E-state index >= 15 is 0 Å². The molecule has 8 nitrogen and oxygen atoms in total. The second-order valence-corrected chi connectivity index (χ2v) is 7.93. The molecule has 3 N–H and O–H groups in total. The Morgan fingerprint density at radius 2 is 1.89 bits per heavy atom. The summed E-state index contributed by atoms with van der Waals surface area (Å²) in [6.07, 6.45) is -0.0603. The van der Waals surface area contributed by atoms with E-state index in [1.54, 1.807) is 20.8 Å². The average molecular weight is 391 g/mol. The van der Waals surface area contributed by atoms with E-state index in [2.05, 4.69) is 5.32 Å². The monoisotopic (exact) mass is 391 g/mol. The standard InChI is InChI=1S/C20H29N3O5/c1-20(2,3)28-19(26)23-10-9-15(11-16(23)12-17(21)24)22-18(25)27-13-14-7-5-4-6-8-14/h4-8,15-16H,9-13H2,1-3H3,(H2,21,24)(H,22,25)/t15-,16-/m0/s1. The molecule has 154 valence electrons. The van der Waals surface area contributed by atoms with Crippen LogP contribution in [-0.2, 0) is 20.9 Å². The van der Waals surface area contributed by atoms with Crippen molar-refractivity contribution < 1.29 is 23.9 Å². The maximum absolute atomic E-state index is 12.4. The van der Waals surface area contributed by atoms with Crippen LogP contribution >= 0.6 is 0 Å². The number of hydrogen-bond acceptors (Lipinski definition) is 5. The van der Waals surface area contributed by atoms with Crippen LogP contribution in [-0.4, -0.2) is 47.2 Å². The predicted molar refractivity (Wildman–Crippen MR) is 103 cm³/mol. The molecule has 0 unspecified atom stereocenters. The number of likely N-dealkylation sites (tertiary alicyclic amines) is 1. The molecule has 0 aromatic heterocycles. The Balaban J connectivity index is 1.91. The van der Waals surface area contributed by atoms with Crippen molar-refractivity contribution >= 4 is 18.1 Å². The fraction of sp³-hybridized carbons (Fsp3) is 0.550. The molecule has 1 aliphatic rings. The van der Waals surface area contributed by atoms with Gasteiger partial charge in [0.15, 0.2) is 0 Å². The third-order valence-electron chi connectivity index (χ3n) is 4.32. The minimum Gasteiger partial charge on any atom is -0.445 e. The topological polar surface area (TPSA) is 111 Å². The first-order valence-electron chi connectivity index (χ1n) is 9.39. The van der Waals surface area contributed by atoms with Crippen molar-refractivity contribution in [2.24, 2.45) is 5.73 Å². The van der Waals surface area contributed by atoms with Crippen molar-refractivity contribution in [2.45, 2.75) is 64.3 Å². The van der Waals surface area contributed by atoms with Crippen LogP contribution in [0, 0.1) is 0 Å². The van der Waals surface area contributed by atoms with Gasteiger partial charge in [0.25, 0.3) is 0 Å². The number of piperidine rings is 1. The highest BCUT2D eigenvalue weighted by Gasteiger charge is 2.35. The number of benzene rings is 1. The molecular weight excluding hydrogens is 362 g/mol. The molecule has 2 atom stereocenters. The van der Waals surface area contributed by atoms with E-state index in [-0.39, 0.29) is 19.1 Å². The summed E-state index contributed by atoms with van der Waals surface area (Å²) in [5.74, 6) is -0.508. The SMILES string of the molecule is CC(C)(C)OC(=O)N1CC[C@H](NC(=O)OCc2ccccc2)C[C@H]1CC(N)=O. The van der Waals surface area contributed by atoms with Crippen LogP contribution in [0.4, 0.5) is 9.59 Å². The van der Waals surface area contributed by atoms with E-state index in [1.165, 1.54) is 4.90 Å². The fourth-order valence-electron chi connectivity index (χ4n) is 3.10. The van der Waals surface area contributed by atoms with Gasteiger partial charge >= 0.3 is 12.2 Å². The molecule has 28 heavy (non-hydrogen) atoms. The number of nitrogens with one attached hydrogen (secondary N) is 1. The number of carbonyl (C=O) groups is 3. The normalized spacial score (nSPS) is 19.6. The molecule has 8 heteroatoms. The van der Waals surface area contributed by atoms with Crippen LogP contribution in [0.15, 0.2) is 30.3 Å². The third kappa shape index (κ3) is 7.09.